The van der Waals surface area contributed by atoms with E-state index in [2.05, 4.69) is 57.2 Å². The molecule has 0 fully saturated rings. The van der Waals surface area contributed by atoms with Crippen LogP contribution in [-0.4, -0.2) is 0 Å². The topological polar surface area (TPSA) is 9.23 Å². The summed E-state index contributed by atoms with van der Waals surface area (Å²) in [5.41, 5.74) is 3.92. The van der Waals surface area contributed by atoms with Gasteiger partial charge in [0, 0.05) is 0 Å². The first-order valence-electron chi connectivity index (χ1n) is 6.70. The molecule has 0 bridgehead atoms. The van der Waals surface area contributed by atoms with Crippen LogP contribution in [-0.2, 0) is 16.8 Å². The van der Waals surface area contributed by atoms with Crippen LogP contribution in [0, 0.1) is 6.08 Å². The summed E-state index contributed by atoms with van der Waals surface area (Å²) in [5, 5.41) is 0. The Hall–Kier alpha value is -1.76. The highest BCUT2D eigenvalue weighted by molar-refractivity contribution is 5.28. The average molecular weight is 253 g/mol. The van der Waals surface area contributed by atoms with Crippen molar-refractivity contribution in [1.82, 2.24) is 0 Å². The molecule has 19 heavy (non-hydrogen) atoms. The maximum atomic E-state index is 5.62. The van der Waals surface area contributed by atoms with Crippen molar-refractivity contribution in [2.45, 2.75) is 39.2 Å². The lowest BCUT2D eigenvalue weighted by atomic mass is 9.87. The molecule has 0 N–H and O–H groups in total. The van der Waals surface area contributed by atoms with Crippen LogP contribution in [0.2, 0.25) is 0 Å². The fourth-order valence-electron chi connectivity index (χ4n) is 1.91. The number of benzene rings is 1. The van der Waals surface area contributed by atoms with E-state index in [0.717, 1.165) is 12.0 Å². The zero-order valence-electron chi connectivity index (χ0n) is 11.9. The molecule has 1 radical (unpaired) electrons. The molecule has 0 aromatic heterocycles. The Labute approximate surface area is 116 Å². The monoisotopic (exact) mass is 253 g/mol. The highest BCUT2D eigenvalue weighted by Gasteiger charge is 2.12. The van der Waals surface area contributed by atoms with Crippen molar-refractivity contribution in [1.29, 1.82) is 0 Å². The molecule has 0 amide bonds. The quantitative estimate of drug-likeness (QED) is 0.709. The van der Waals surface area contributed by atoms with Crippen LogP contribution in [0.5, 0.6) is 0 Å². The van der Waals surface area contributed by atoms with Crippen molar-refractivity contribution in [2.75, 3.05) is 0 Å². The van der Waals surface area contributed by atoms with Crippen molar-refractivity contribution >= 4 is 0 Å². The van der Waals surface area contributed by atoms with Gasteiger partial charge in [0.1, 0.15) is 6.61 Å². The molecule has 1 nitrogen and oxygen atoms in total. The fourth-order valence-corrected chi connectivity index (χ4v) is 1.91. The number of hydrogen-bond donors (Lipinski definition) is 0. The molecule has 0 spiro atoms. The summed E-state index contributed by atoms with van der Waals surface area (Å²) in [5.74, 6) is 0. The number of hydrogen-bond acceptors (Lipinski definition) is 1. The van der Waals surface area contributed by atoms with E-state index in [0.29, 0.717) is 6.61 Å². The van der Waals surface area contributed by atoms with E-state index in [1.54, 1.807) is 0 Å². The largest absolute Gasteiger partial charge is 0.496 e. The third-order valence-corrected chi connectivity index (χ3v) is 3.14. The van der Waals surface area contributed by atoms with Crippen LogP contribution in [0.4, 0.5) is 0 Å². The summed E-state index contributed by atoms with van der Waals surface area (Å²) in [4.78, 5) is 0. The zero-order valence-corrected chi connectivity index (χ0v) is 11.9. The Balaban J connectivity index is 1.90. The van der Waals surface area contributed by atoms with Crippen LogP contribution in [0.15, 0.2) is 54.3 Å². The summed E-state index contributed by atoms with van der Waals surface area (Å²) in [7, 11) is 0. The van der Waals surface area contributed by atoms with Crippen molar-refractivity contribution in [2.24, 2.45) is 0 Å². The van der Waals surface area contributed by atoms with Crippen LogP contribution in [0.1, 0.15) is 38.3 Å². The molecule has 1 aromatic rings. The van der Waals surface area contributed by atoms with Crippen molar-refractivity contribution in [3.05, 3.63) is 71.5 Å². The van der Waals surface area contributed by atoms with E-state index in [1.807, 2.05) is 18.4 Å². The predicted molar refractivity (Wildman–Crippen MR) is 79.6 cm³/mol. The highest BCUT2D eigenvalue weighted by atomic mass is 16.5. The molecular formula is C18H21O. The van der Waals surface area contributed by atoms with E-state index < -0.39 is 0 Å². The number of rotatable bonds is 3. The third-order valence-electron chi connectivity index (χ3n) is 3.14. The predicted octanol–water partition coefficient (Wildman–Crippen LogP) is 4.70. The van der Waals surface area contributed by atoms with Gasteiger partial charge in [0.25, 0.3) is 0 Å². The molecule has 2 rings (SSSR count). The van der Waals surface area contributed by atoms with Gasteiger partial charge in [-0.2, -0.15) is 0 Å². The van der Waals surface area contributed by atoms with Crippen LogP contribution < -0.4 is 0 Å². The molecule has 0 atom stereocenters. The van der Waals surface area contributed by atoms with Crippen molar-refractivity contribution in [3.8, 4) is 0 Å². The van der Waals surface area contributed by atoms with Crippen LogP contribution in [0.25, 0.3) is 0 Å². The van der Waals surface area contributed by atoms with E-state index in [1.165, 1.54) is 11.1 Å². The molecule has 99 valence electrons. The summed E-state index contributed by atoms with van der Waals surface area (Å²) >= 11 is 0. The first-order chi connectivity index (χ1) is 9.05. The Morgan fingerprint density at radius 1 is 1.21 bits per heavy atom. The molecule has 1 aliphatic carbocycles. The summed E-state index contributed by atoms with van der Waals surface area (Å²) in [6, 6.07) is 8.65. The lowest BCUT2D eigenvalue weighted by molar-refractivity contribution is 0.234. The SMILES string of the molecule is CC(C)(C)c1ccc(COC=C2C=[C]C=CC2)cc1. The molecular weight excluding hydrogens is 232 g/mol. The Bertz CT molecular complexity index is 495. The minimum Gasteiger partial charge on any atom is -0.496 e. The number of ether oxygens (including phenoxy) is 1. The van der Waals surface area contributed by atoms with Gasteiger partial charge in [0.2, 0.25) is 0 Å². The third kappa shape index (κ3) is 4.13. The fraction of sp³-hybridized carbons (Fsp3) is 0.333. The smallest absolute Gasteiger partial charge is 0.112 e. The Morgan fingerprint density at radius 3 is 2.53 bits per heavy atom. The van der Waals surface area contributed by atoms with Gasteiger partial charge < -0.3 is 4.74 Å². The second kappa shape index (κ2) is 5.92. The van der Waals surface area contributed by atoms with Crippen molar-refractivity contribution < 1.29 is 4.74 Å². The molecule has 0 saturated heterocycles. The maximum Gasteiger partial charge on any atom is 0.112 e. The Morgan fingerprint density at radius 2 is 1.95 bits per heavy atom. The average Bonchev–Trinajstić information content (AvgIpc) is 2.39. The first-order valence-corrected chi connectivity index (χ1v) is 6.70. The number of allylic oxidation sites excluding steroid dienone is 5. The van der Waals surface area contributed by atoms with Crippen molar-refractivity contribution in [3.63, 3.8) is 0 Å². The molecule has 0 unspecified atom stereocenters. The molecule has 1 heteroatoms. The summed E-state index contributed by atoms with van der Waals surface area (Å²) in [6.07, 6.45) is 11.8. The molecule has 1 aliphatic rings. The van der Waals surface area contributed by atoms with Gasteiger partial charge in [0.15, 0.2) is 0 Å². The van der Waals surface area contributed by atoms with E-state index in [9.17, 15) is 0 Å². The lowest BCUT2D eigenvalue weighted by Crippen LogP contribution is -2.10. The van der Waals surface area contributed by atoms with Gasteiger partial charge in [-0.3, -0.25) is 0 Å². The Kier molecular flexibility index (Phi) is 4.26. The summed E-state index contributed by atoms with van der Waals surface area (Å²) in [6.45, 7) is 7.29. The summed E-state index contributed by atoms with van der Waals surface area (Å²) < 4.78 is 5.62. The first kappa shape index (κ1) is 13.7. The molecule has 0 saturated carbocycles. The van der Waals surface area contributed by atoms with Gasteiger partial charge in [-0.1, -0.05) is 57.2 Å². The molecule has 1 aromatic carbocycles. The molecule has 0 heterocycles. The van der Waals surface area contributed by atoms with Crippen LogP contribution in [0.3, 0.4) is 0 Å². The zero-order chi connectivity index (χ0) is 13.7. The van der Waals surface area contributed by atoms with Gasteiger partial charge in [-0.25, -0.2) is 0 Å². The lowest BCUT2D eigenvalue weighted by Gasteiger charge is -2.19. The van der Waals surface area contributed by atoms with E-state index in [4.69, 9.17) is 4.74 Å². The molecule has 0 aliphatic heterocycles. The van der Waals surface area contributed by atoms with Gasteiger partial charge in [-0.15, -0.1) is 0 Å². The van der Waals surface area contributed by atoms with Gasteiger partial charge in [-0.05, 0) is 40.7 Å². The normalized spacial score (nSPS) is 16.9. The van der Waals surface area contributed by atoms with Gasteiger partial charge >= 0.3 is 0 Å². The van der Waals surface area contributed by atoms with E-state index in [-0.39, 0.29) is 5.41 Å². The standard InChI is InChI=1S/C18H21O/c1-18(2,3)17-11-9-16(10-12-17)14-19-13-15-7-5-4-6-8-15/h4-5,8-13H,7,14H2,1-3H3. The minimum atomic E-state index is 0.205. The van der Waals surface area contributed by atoms with Crippen LogP contribution >= 0.6 is 0 Å². The van der Waals surface area contributed by atoms with E-state index >= 15 is 0 Å². The minimum absolute atomic E-state index is 0.205. The highest BCUT2D eigenvalue weighted by Crippen LogP contribution is 2.22. The second-order valence-corrected chi connectivity index (χ2v) is 5.87. The van der Waals surface area contributed by atoms with Gasteiger partial charge in [0.05, 0.1) is 6.26 Å². The second-order valence-electron chi connectivity index (χ2n) is 5.87. The maximum absolute atomic E-state index is 5.62.